The van der Waals surface area contributed by atoms with Gasteiger partial charge in [0.15, 0.2) is 19.7 Å². The Labute approximate surface area is 119 Å². The molecule has 1 aliphatic rings. The van der Waals surface area contributed by atoms with Crippen molar-refractivity contribution in [2.75, 3.05) is 11.5 Å². The molecule has 0 aromatic heterocycles. The zero-order valence-corrected chi connectivity index (χ0v) is 13.0. The van der Waals surface area contributed by atoms with Gasteiger partial charge in [0, 0.05) is 0 Å². The van der Waals surface area contributed by atoms with Gasteiger partial charge in [0.2, 0.25) is 0 Å². The van der Waals surface area contributed by atoms with Crippen molar-refractivity contribution in [3.8, 4) is 0 Å². The first-order valence-electron chi connectivity index (χ1n) is 6.27. The van der Waals surface area contributed by atoms with E-state index < -0.39 is 42.5 Å². The SMILES string of the molecule is Cc1ccc(C)c(CS(=O)(=O)C2CS(=O)(=O)CC2O)c1. The molecule has 0 bridgehead atoms. The van der Waals surface area contributed by atoms with E-state index in [4.69, 9.17) is 0 Å². The maximum absolute atomic E-state index is 12.3. The van der Waals surface area contributed by atoms with Gasteiger partial charge in [0.1, 0.15) is 5.25 Å². The summed E-state index contributed by atoms with van der Waals surface area (Å²) in [7, 11) is -7.17. The molecule has 1 aromatic carbocycles. The minimum atomic E-state index is -3.70. The third-order valence-electron chi connectivity index (χ3n) is 3.59. The van der Waals surface area contributed by atoms with Gasteiger partial charge in [-0.3, -0.25) is 0 Å². The molecule has 0 amide bonds. The summed E-state index contributed by atoms with van der Waals surface area (Å²) in [6.07, 6.45) is -1.32. The number of sulfone groups is 2. The Morgan fingerprint density at radius 3 is 2.45 bits per heavy atom. The zero-order chi connectivity index (χ0) is 15.1. The summed E-state index contributed by atoms with van der Waals surface area (Å²) >= 11 is 0. The highest BCUT2D eigenvalue weighted by atomic mass is 32.2. The first-order chi connectivity index (χ1) is 9.11. The van der Waals surface area contributed by atoms with Crippen molar-refractivity contribution in [3.05, 3.63) is 34.9 Å². The van der Waals surface area contributed by atoms with Gasteiger partial charge in [-0.2, -0.15) is 0 Å². The maximum Gasteiger partial charge on any atom is 0.160 e. The van der Waals surface area contributed by atoms with Gasteiger partial charge in [-0.05, 0) is 25.0 Å². The van der Waals surface area contributed by atoms with Crippen LogP contribution in [0.15, 0.2) is 18.2 Å². The fourth-order valence-electron chi connectivity index (χ4n) is 2.42. The second kappa shape index (κ2) is 5.13. The van der Waals surface area contributed by atoms with Crippen molar-refractivity contribution in [2.24, 2.45) is 0 Å². The Hall–Kier alpha value is -0.920. The summed E-state index contributed by atoms with van der Waals surface area (Å²) in [6.45, 7) is 3.68. The molecule has 1 aromatic rings. The average molecular weight is 318 g/mol. The van der Waals surface area contributed by atoms with E-state index in [2.05, 4.69) is 0 Å². The molecule has 1 N–H and O–H groups in total. The Morgan fingerprint density at radius 2 is 1.90 bits per heavy atom. The predicted octanol–water partition coefficient (Wildman–Crippen LogP) is 0.376. The Bertz CT molecular complexity index is 719. The lowest BCUT2D eigenvalue weighted by Crippen LogP contribution is -2.33. The Kier molecular flexibility index (Phi) is 3.96. The molecule has 2 unspecified atom stereocenters. The fraction of sp³-hybridized carbons (Fsp3) is 0.538. The van der Waals surface area contributed by atoms with E-state index in [0.29, 0.717) is 5.56 Å². The molecule has 7 heteroatoms. The average Bonchev–Trinajstić information content (AvgIpc) is 2.58. The molecule has 20 heavy (non-hydrogen) atoms. The number of hydrogen-bond donors (Lipinski definition) is 1. The van der Waals surface area contributed by atoms with E-state index in [9.17, 15) is 21.9 Å². The molecular weight excluding hydrogens is 300 g/mol. The van der Waals surface area contributed by atoms with Crippen molar-refractivity contribution in [1.82, 2.24) is 0 Å². The molecule has 5 nitrogen and oxygen atoms in total. The zero-order valence-electron chi connectivity index (χ0n) is 11.4. The van der Waals surface area contributed by atoms with Crippen LogP contribution in [-0.2, 0) is 25.4 Å². The van der Waals surface area contributed by atoms with Crippen molar-refractivity contribution in [3.63, 3.8) is 0 Å². The highest BCUT2D eigenvalue weighted by molar-refractivity contribution is 7.96. The number of aliphatic hydroxyl groups is 1. The van der Waals surface area contributed by atoms with Crippen molar-refractivity contribution < 1.29 is 21.9 Å². The van der Waals surface area contributed by atoms with E-state index in [0.717, 1.165) is 11.1 Å². The first-order valence-corrected chi connectivity index (χ1v) is 9.80. The summed E-state index contributed by atoms with van der Waals surface area (Å²) in [5.74, 6) is -1.19. The smallest absolute Gasteiger partial charge is 0.160 e. The van der Waals surface area contributed by atoms with Gasteiger partial charge in [0.05, 0.1) is 23.4 Å². The van der Waals surface area contributed by atoms with Crippen LogP contribution in [0, 0.1) is 13.8 Å². The summed E-state index contributed by atoms with van der Waals surface area (Å²) in [5.41, 5.74) is 2.44. The maximum atomic E-state index is 12.3. The second-order valence-electron chi connectivity index (χ2n) is 5.42. The quantitative estimate of drug-likeness (QED) is 0.870. The van der Waals surface area contributed by atoms with Gasteiger partial charge in [0.25, 0.3) is 0 Å². The lowest BCUT2D eigenvalue weighted by Gasteiger charge is -2.15. The van der Waals surface area contributed by atoms with Crippen LogP contribution in [0.4, 0.5) is 0 Å². The molecule has 2 atom stereocenters. The largest absolute Gasteiger partial charge is 0.391 e. The summed E-state index contributed by atoms with van der Waals surface area (Å²) in [5, 5.41) is 8.49. The number of hydrogen-bond acceptors (Lipinski definition) is 5. The normalized spacial score (nSPS) is 25.8. The van der Waals surface area contributed by atoms with E-state index in [1.165, 1.54) is 0 Å². The molecule has 1 heterocycles. The Balaban J connectivity index is 2.30. The van der Waals surface area contributed by atoms with E-state index in [-0.39, 0.29) is 5.75 Å². The molecule has 1 fully saturated rings. The lowest BCUT2D eigenvalue weighted by atomic mass is 10.1. The second-order valence-corrected chi connectivity index (χ2v) is 9.79. The molecule has 2 rings (SSSR count). The highest BCUT2D eigenvalue weighted by Crippen LogP contribution is 2.24. The third kappa shape index (κ3) is 3.21. The van der Waals surface area contributed by atoms with Gasteiger partial charge in [-0.1, -0.05) is 23.8 Å². The van der Waals surface area contributed by atoms with Gasteiger partial charge >= 0.3 is 0 Å². The van der Waals surface area contributed by atoms with Gasteiger partial charge in [-0.15, -0.1) is 0 Å². The van der Waals surface area contributed by atoms with Crippen LogP contribution in [0.25, 0.3) is 0 Å². The summed E-state index contributed by atoms with van der Waals surface area (Å²) in [4.78, 5) is 0. The van der Waals surface area contributed by atoms with Crippen molar-refractivity contribution in [2.45, 2.75) is 31.0 Å². The summed E-state index contributed by atoms with van der Waals surface area (Å²) < 4.78 is 47.6. The van der Waals surface area contributed by atoms with Gasteiger partial charge < -0.3 is 5.11 Å². The highest BCUT2D eigenvalue weighted by Gasteiger charge is 2.44. The molecule has 0 saturated carbocycles. The summed E-state index contributed by atoms with van der Waals surface area (Å²) in [6, 6.07) is 5.51. The van der Waals surface area contributed by atoms with Gasteiger partial charge in [-0.25, -0.2) is 16.8 Å². The van der Waals surface area contributed by atoms with E-state index >= 15 is 0 Å². The molecule has 0 radical (unpaired) electrons. The first kappa shape index (κ1) is 15.5. The molecule has 1 saturated heterocycles. The van der Waals surface area contributed by atoms with Crippen LogP contribution in [0.3, 0.4) is 0 Å². The van der Waals surface area contributed by atoms with Crippen LogP contribution in [-0.4, -0.2) is 44.8 Å². The monoisotopic (exact) mass is 318 g/mol. The topological polar surface area (TPSA) is 88.5 Å². The van der Waals surface area contributed by atoms with E-state index in [1.54, 1.807) is 6.07 Å². The third-order valence-corrected chi connectivity index (χ3v) is 7.64. The van der Waals surface area contributed by atoms with Crippen LogP contribution in [0.5, 0.6) is 0 Å². The molecular formula is C13H18O5S2. The molecule has 112 valence electrons. The van der Waals surface area contributed by atoms with Crippen LogP contribution in [0.2, 0.25) is 0 Å². The molecule has 1 aliphatic heterocycles. The minimum absolute atomic E-state index is 0.238. The Morgan fingerprint density at radius 1 is 1.25 bits per heavy atom. The van der Waals surface area contributed by atoms with Crippen LogP contribution < -0.4 is 0 Å². The lowest BCUT2D eigenvalue weighted by molar-refractivity contribution is 0.204. The standard InChI is InChI=1S/C13H18O5S2/c1-9-3-4-10(2)11(5-9)6-20(17,18)13-8-19(15,16)7-12(13)14/h3-5,12-14H,6-8H2,1-2H3. The molecule has 0 spiro atoms. The van der Waals surface area contributed by atoms with Crippen molar-refractivity contribution >= 4 is 19.7 Å². The minimum Gasteiger partial charge on any atom is -0.391 e. The van der Waals surface area contributed by atoms with Crippen molar-refractivity contribution in [1.29, 1.82) is 0 Å². The fourth-order valence-corrected chi connectivity index (χ4v) is 7.14. The van der Waals surface area contributed by atoms with Crippen LogP contribution >= 0.6 is 0 Å². The van der Waals surface area contributed by atoms with E-state index in [1.807, 2.05) is 26.0 Å². The number of benzene rings is 1. The number of aliphatic hydroxyl groups excluding tert-OH is 1. The number of rotatable bonds is 3. The number of aryl methyl sites for hydroxylation is 2. The molecule has 0 aliphatic carbocycles. The van der Waals surface area contributed by atoms with Crippen LogP contribution in [0.1, 0.15) is 16.7 Å². The predicted molar refractivity (Wildman–Crippen MR) is 77.0 cm³/mol.